The molecule has 0 unspecified atom stereocenters. The maximum atomic E-state index is 3.50. The Kier molecular flexibility index (Phi) is 0.731. The SMILES string of the molecule is c1ncnnn1. The molecule has 0 saturated heterocycles. The van der Waals surface area contributed by atoms with E-state index in [4.69, 9.17) is 0 Å². The Morgan fingerprint density at radius 1 is 1.00 bits per heavy atom. The summed E-state index contributed by atoms with van der Waals surface area (Å²) in [6, 6.07) is 0. The summed E-state index contributed by atoms with van der Waals surface area (Å²) in [7, 11) is 0. The van der Waals surface area contributed by atoms with Crippen LogP contribution in [0.4, 0.5) is 0 Å². The van der Waals surface area contributed by atoms with Gasteiger partial charge in [0.15, 0.2) is 0 Å². The third kappa shape index (κ3) is 0.453. The van der Waals surface area contributed by atoms with E-state index in [9.17, 15) is 0 Å². The quantitative estimate of drug-likeness (QED) is 0.414. The molecular weight excluding hydrogens is 80.0 g/mol. The average molecular weight is 82.1 g/mol. The van der Waals surface area contributed by atoms with Gasteiger partial charge in [0.2, 0.25) is 0 Å². The average Bonchev–Trinajstić information content (AvgIpc) is 1.72. The molecule has 0 N–H and O–H groups in total. The van der Waals surface area contributed by atoms with Gasteiger partial charge >= 0.3 is 0 Å². The summed E-state index contributed by atoms with van der Waals surface area (Å²) < 4.78 is 0. The van der Waals surface area contributed by atoms with Gasteiger partial charge in [-0.1, -0.05) is 0 Å². The molecule has 6 heavy (non-hydrogen) atoms. The predicted octanol–water partition coefficient (Wildman–Crippen LogP) is -0.733. The van der Waals surface area contributed by atoms with Gasteiger partial charge in [-0.05, 0) is 5.21 Å². The fourth-order valence-corrected chi connectivity index (χ4v) is 0.165. The molecule has 0 amide bonds. The second-order valence-corrected chi connectivity index (χ2v) is 0.700. The monoisotopic (exact) mass is 82.0 g/mol. The zero-order chi connectivity index (χ0) is 4.24. The number of rotatable bonds is 0. The predicted molar refractivity (Wildman–Crippen MR) is 17.6 cm³/mol. The molecule has 30 valence electrons. The first-order valence-corrected chi connectivity index (χ1v) is 1.43. The van der Waals surface area contributed by atoms with Gasteiger partial charge in [-0.15, -0.1) is 10.2 Å². The lowest BCUT2D eigenvalue weighted by Crippen LogP contribution is -1.82. The van der Waals surface area contributed by atoms with Crippen LogP contribution in [-0.4, -0.2) is 20.4 Å². The zero-order valence-corrected chi connectivity index (χ0v) is 2.94. The van der Waals surface area contributed by atoms with Gasteiger partial charge in [0.25, 0.3) is 0 Å². The maximum absolute atomic E-state index is 3.50. The van der Waals surface area contributed by atoms with Crippen molar-refractivity contribution in [3.05, 3.63) is 12.7 Å². The van der Waals surface area contributed by atoms with E-state index in [1.165, 1.54) is 12.7 Å². The van der Waals surface area contributed by atoms with Crippen LogP contribution in [-0.2, 0) is 0 Å². The van der Waals surface area contributed by atoms with Gasteiger partial charge in [0, 0.05) is 0 Å². The molecule has 4 nitrogen and oxygen atoms in total. The van der Waals surface area contributed by atoms with Crippen molar-refractivity contribution in [1.29, 1.82) is 0 Å². The smallest absolute Gasteiger partial charge is 0.141 e. The minimum absolute atomic E-state index is 1.33. The van der Waals surface area contributed by atoms with Crippen LogP contribution in [0.1, 0.15) is 0 Å². The second-order valence-electron chi connectivity index (χ2n) is 0.700. The minimum Gasteiger partial charge on any atom is -0.221 e. The first-order chi connectivity index (χ1) is 3.00. The standard InChI is InChI=1S/C2H2N4/c1-3-2-5-6-4-1/h1-2H. The van der Waals surface area contributed by atoms with E-state index in [1.54, 1.807) is 0 Å². The molecule has 0 aromatic carbocycles. The van der Waals surface area contributed by atoms with Crippen molar-refractivity contribution in [2.24, 2.45) is 0 Å². The Hall–Kier alpha value is -1.06. The fourth-order valence-electron chi connectivity index (χ4n) is 0.165. The Morgan fingerprint density at radius 2 is 1.67 bits per heavy atom. The van der Waals surface area contributed by atoms with Crippen molar-refractivity contribution in [3.63, 3.8) is 0 Å². The molecule has 1 rings (SSSR count). The zero-order valence-electron chi connectivity index (χ0n) is 2.94. The highest BCUT2D eigenvalue weighted by molar-refractivity contribution is 4.39. The van der Waals surface area contributed by atoms with Crippen molar-refractivity contribution in [2.75, 3.05) is 0 Å². The molecular formula is C2H2N4. The highest BCUT2D eigenvalue weighted by atomic mass is 15.3. The number of hydrogen-bond acceptors (Lipinski definition) is 4. The Morgan fingerprint density at radius 3 is 1.83 bits per heavy atom. The molecule has 1 heterocycles. The van der Waals surface area contributed by atoms with Gasteiger partial charge in [0.05, 0.1) is 0 Å². The lowest BCUT2D eigenvalue weighted by Gasteiger charge is -1.67. The van der Waals surface area contributed by atoms with Crippen LogP contribution < -0.4 is 0 Å². The summed E-state index contributed by atoms with van der Waals surface area (Å²) in [6.07, 6.45) is 2.65. The van der Waals surface area contributed by atoms with Gasteiger partial charge < -0.3 is 0 Å². The minimum atomic E-state index is 1.33. The highest BCUT2D eigenvalue weighted by Crippen LogP contribution is 1.50. The van der Waals surface area contributed by atoms with Crippen LogP contribution in [0, 0.1) is 0 Å². The summed E-state index contributed by atoms with van der Waals surface area (Å²) in [4.78, 5) is 3.50. The molecule has 0 fully saturated rings. The van der Waals surface area contributed by atoms with Crippen LogP contribution in [0.25, 0.3) is 0 Å². The number of hydrogen-bond donors (Lipinski definition) is 0. The van der Waals surface area contributed by atoms with E-state index in [0.717, 1.165) is 0 Å². The van der Waals surface area contributed by atoms with Crippen molar-refractivity contribution in [1.82, 2.24) is 20.4 Å². The molecule has 0 spiro atoms. The molecule has 0 saturated carbocycles. The third-order valence-corrected chi connectivity index (χ3v) is 0.340. The van der Waals surface area contributed by atoms with E-state index < -0.39 is 0 Å². The van der Waals surface area contributed by atoms with Crippen molar-refractivity contribution >= 4 is 0 Å². The summed E-state index contributed by atoms with van der Waals surface area (Å²) in [5.41, 5.74) is 0. The summed E-state index contributed by atoms with van der Waals surface area (Å²) in [5, 5.41) is 9.85. The van der Waals surface area contributed by atoms with E-state index in [2.05, 4.69) is 20.4 Å². The van der Waals surface area contributed by atoms with E-state index in [-0.39, 0.29) is 0 Å². The van der Waals surface area contributed by atoms with Crippen molar-refractivity contribution in [3.8, 4) is 0 Å². The normalized spacial score (nSPS) is 8.00. The van der Waals surface area contributed by atoms with E-state index in [0.29, 0.717) is 0 Å². The molecule has 4 heteroatoms. The second kappa shape index (κ2) is 1.40. The van der Waals surface area contributed by atoms with Gasteiger partial charge in [-0.3, -0.25) is 0 Å². The van der Waals surface area contributed by atoms with Crippen LogP contribution in [0.2, 0.25) is 0 Å². The van der Waals surface area contributed by atoms with Gasteiger partial charge in [-0.2, -0.15) is 0 Å². The topological polar surface area (TPSA) is 51.6 Å². The Balaban J connectivity index is 3.00. The lowest BCUT2D eigenvalue weighted by atomic mass is 11.2. The van der Waals surface area contributed by atoms with Crippen LogP contribution in [0.3, 0.4) is 0 Å². The van der Waals surface area contributed by atoms with Crippen molar-refractivity contribution in [2.45, 2.75) is 0 Å². The molecule has 0 aliphatic heterocycles. The molecule has 0 aliphatic rings. The maximum Gasteiger partial charge on any atom is 0.141 e. The van der Waals surface area contributed by atoms with Gasteiger partial charge in [0.1, 0.15) is 12.7 Å². The van der Waals surface area contributed by atoms with E-state index >= 15 is 0 Å². The summed E-state index contributed by atoms with van der Waals surface area (Å²) >= 11 is 0. The summed E-state index contributed by atoms with van der Waals surface area (Å²) in [5.74, 6) is 0. The van der Waals surface area contributed by atoms with Crippen molar-refractivity contribution < 1.29 is 0 Å². The third-order valence-electron chi connectivity index (χ3n) is 0.340. The Bertz CT molecular complexity index is 77.5. The first-order valence-electron chi connectivity index (χ1n) is 1.43. The largest absolute Gasteiger partial charge is 0.221 e. The molecule has 0 aliphatic carbocycles. The van der Waals surface area contributed by atoms with E-state index in [1.807, 2.05) is 0 Å². The summed E-state index contributed by atoms with van der Waals surface area (Å²) in [6.45, 7) is 0. The molecule has 1 aromatic rings. The molecule has 0 radical (unpaired) electrons. The first kappa shape index (κ1) is 3.14. The number of aromatic nitrogens is 4. The molecule has 0 bridgehead atoms. The van der Waals surface area contributed by atoms with Gasteiger partial charge in [-0.25, -0.2) is 4.98 Å². The lowest BCUT2D eigenvalue weighted by molar-refractivity contribution is 0.817. The highest BCUT2D eigenvalue weighted by Gasteiger charge is 1.61. The Labute approximate surface area is 34.2 Å². The molecule has 1 aromatic heterocycles. The fraction of sp³-hybridized carbons (Fsp3) is 0. The number of nitrogens with zero attached hydrogens (tertiary/aromatic N) is 4. The van der Waals surface area contributed by atoms with Crippen LogP contribution in [0.5, 0.6) is 0 Å². The van der Waals surface area contributed by atoms with Crippen LogP contribution in [0.15, 0.2) is 12.7 Å². The molecule has 0 atom stereocenters. The van der Waals surface area contributed by atoms with Crippen LogP contribution >= 0.6 is 0 Å².